The maximum Gasteiger partial charge on any atom is 0.344 e. The van der Waals surface area contributed by atoms with Gasteiger partial charge in [0.1, 0.15) is 5.75 Å². The molecule has 1 N–H and O–H groups in total. The van der Waals surface area contributed by atoms with Crippen LogP contribution < -0.4 is 9.46 Å². The molecule has 2 aromatic rings. The number of nitro benzene ring substituents is 1. The van der Waals surface area contributed by atoms with Gasteiger partial charge in [0, 0.05) is 11.8 Å². The molecule has 132 valence electrons. The van der Waals surface area contributed by atoms with Crippen LogP contribution in [0.15, 0.2) is 65.5 Å². The molecule has 0 heterocycles. The highest BCUT2D eigenvalue weighted by atomic mass is 32.2. The van der Waals surface area contributed by atoms with Crippen LogP contribution in [0.3, 0.4) is 0 Å². The first-order valence-corrected chi connectivity index (χ1v) is 7.94. The van der Waals surface area contributed by atoms with Crippen LogP contribution >= 0.6 is 0 Å². The Morgan fingerprint density at radius 2 is 1.64 bits per heavy atom. The van der Waals surface area contributed by atoms with Gasteiger partial charge in [0.25, 0.3) is 15.7 Å². The van der Waals surface area contributed by atoms with E-state index in [1.807, 2.05) is 0 Å². The summed E-state index contributed by atoms with van der Waals surface area (Å²) in [4.78, 5) is 9.53. The molecule has 25 heavy (non-hydrogen) atoms. The summed E-state index contributed by atoms with van der Waals surface area (Å²) in [5, 5.41) is 10.9. The molecule has 0 unspecified atom stereocenters. The van der Waals surface area contributed by atoms with Crippen molar-refractivity contribution in [3.63, 3.8) is 0 Å². The average Bonchev–Trinajstić information content (AvgIpc) is 2.56. The summed E-state index contributed by atoms with van der Waals surface area (Å²) < 4.78 is 67.4. The first-order valence-electron chi connectivity index (χ1n) is 6.45. The first kappa shape index (κ1) is 18.3. The summed E-state index contributed by atoms with van der Waals surface area (Å²) in [5.41, 5.74) is -0.642. The molecule has 0 saturated heterocycles. The molecule has 2 rings (SSSR count). The van der Waals surface area contributed by atoms with Crippen LogP contribution in [0.5, 0.6) is 5.75 Å². The van der Waals surface area contributed by atoms with Crippen molar-refractivity contribution in [1.82, 2.24) is 0 Å². The zero-order valence-electron chi connectivity index (χ0n) is 12.1. The molecule has 0 aliphatic carbocycles. The van der Waals surface area contributed by atoms with E-state index in [-0.39, 0.29) is 11.4 Å². The van der Waals surface area contributed by atoms with Gasteiger partial charge in [-0.2, -0.15) is 13.2 Å². The third kappa shape index (κ3) is 4.47. The van der Waals surface area contributed by atoms with Crippen LogP contribution in [0.2, 0.25) is 0 Å². The maximum absolute atomic E-state index is 12.7. The lowest BCUT2D eigenvalue weighted by Gasteiger charge is -2.09. The van der Waals surface area contributed by atoms with E-state index in [0.717, 1.165) is 36.4 Å². The highest BCUT2D eigenvalue weighted by Gasteiger charge is 2.25. The molecule has 0 saturated carbocycles. The number of benzene rings is 2. The van der Waals surface area contributed by atoms with Crippen LogP contribution in [0.25, 0.3) is 0 Å². The van der Waals surface area contributed by atoms with Gasteiger partial charge < -0.3 is 4.74 Å². The van der Waals surface area contributed by atoms with Gasteiger partial charge in [-0.25, -0.2) is 8.42 Å². The number of nitro groups is 1. The number of sulfonamides is 1. The number of nitrogens with zero attached hydrogens (tertiary/aromatic N) is 1. The quantitative estimate of drug-likeness (QED) is 0.471. The number of halogens is 3. The van der Waals surface area contributed by atoms with Crippen LogP contribution in [0.4, 0.5) is 24.5 Å². The molecule has 11 heteroatoms. The number of rotatable bonds is 6. The summed E-state index contributed by atoms with van der Waals surface area (Å²) >= 11 is 0. The molecular weight excluding hydrogens is 365 g/mol. The number of hydrogen-bond acceptors (Lipinski definition) is 5. The van der Waals surface area contributed by atoms with Crippen molar-refractivity contribution >= 4 is 21.4 Å². The van der Waals surface area contributed by atoms with E-state index in [1.165, 1.54) is 12.1 Å². The normalized spacial score (nSPS) is 10.8. The molecule has 7 nitrogen and oxygen atoms in total. The van der Waals surface area contributed by atoms with E-state index in [2.05, 4.69) is 9.46 Å². The lowest BCUT2D eigenvalue weighted by atomic mass is 10.3. The van der Waals surface area contributed by atoms with Crippen molar-refractivity contribution in [2.24, 2.45) is 0 Å². The molecular formula is C14H9F3N2O5S. The molecule has 2 aromatic carbocycles. The fourth-order valence-electron chi connectivity index (χ4n) is 1.78. The summed E-state index contributed by atoms with van der Waals surface area (Å²) in [6.45, 7) is 0. The summed E-state index contributed by atoms with van der Waals surface area (Å²) in [6, 6.07) is 6.96. The maximum atomic E-state index is 12.7. The average molecular weight is 374 g/mol. The zero-order valence-corrected chi connectivity index (χ0v) is 13.0. The Kier molecular flexibility index (Phi) is 5.27. The molecule has 0 bridgehead atoms. The van der Waals surface area contributed by atoms with Crippen molar-refractivity contribution in [3.8, 4) is 5.75 Å². The SMILES string of the molecule is O=[N+]([O-])c1ccccc1S(=O)(=O)Nc1ccc(OC(F)=C(F)F)cc1. The first-order chi connectivity index (χ1) is 11.7. The monoisotopic (exact) mass is 374 g/mol. The summed E-state index contributed by atoms with van der Waals surface area (Å²) in [6.07, 6.45) is -2.64. The van der Waals surface area contributed by atoms with Crippen LogP contribution in [0, 0.1) is 10.1 Å². The molecule has 0 fully saturated rings. The van der Waals surface area contributed by atoms with Crippen molar-refractivity contribution in [3.05, 3.63) is 70.7 Å². The Morgan fingerprint density at radius 1 is 1.04 bits per heavy atom. The minimum absolute atomic E-state index is 0.0318. The molecule has 0 amide bonds. The molecule has 0 spiro atoms. The van der Waals surface area contributed by atoms with Gasteiger partial charge in [-0.1, -0.05) is 12.1 Å². The molecule has 0 atom stereocenters. The van der Waals surface area contributed by atoms with E-state index in [9.17, 15) is 31.7 Å². The molecule has 0 radical (unpaired) electrons. The van der Waals surface area contributed by atoms with Gasteiger partial charge in [-0.3, -0.25) is 14.8 Å². The van der Waals surface area contributed by atoms with Gasteiger partial charge in [-0.15, -0.1) is 0 Å². The number of ether oxygens (including phenoxy) is 1. The number of hydrogen-bond donors (Lipinski definition) is 1. The summed E-state index contributed by atoms with van der Waals surface area (Å²) in [7, 11) is -4.27. The molecule has 0 aromatic heterocycles. The van der Waals surface area contributed by atoms with Crippen molar-refractivity contribution in [2.75, 3.05) is 4.72 Å². The predicted octanol–water partition coefficient (Wildman–Crippen LogP) is 3.81. The van der Waals surface area contributed by atoms with Gasteiger partial charge in [0.15, 0.2) is 4.90 Å². The number of para-hydroxylation sites is 1. The van der Waals surface area contributed by atoms with Gasteiger partial charge in [0.2, 0.25) is 0 Å². The third-order valence-corrected chi connectivity index (χ3v) is 4.24. The van der Waals surface area contributed by atoms with Crippen LogP contribution in [0.1, 0.15) is 0 Å². The highest BCUT2D eigenvalue weighted by Crippen LogP contribution is 2.26. The fraction of sp³-hybridized carbons (Fsp3) is 0. The second kappa shape index (κ2) is 7.21. The van der Waals surface area contributed by atoms with E-state index >= 15 is 0 Å². The second-order valence-corrected chi connectivity index (χ2v) is 6.14. The summed E-state index contributed by atoms with van der Waals surface area (Å²) in [5.74, 6) is -0.293. The Balaban J connectivity index is 2.25. The Labute approximate surface area is 139 Å². The van der Waals surface area contributed by atoms with Crippen molar-refractivity contribution < 1.29 is 31.2 Å². The van der Waals surface area contributed by atoms with Crippen molar-refractivity contribution in [2.45, 2.75) is 4.90 Å². The largest absolute Gasteiger partial charge is 0.428 e. The standard InChI is InChI=1S/C14H9F3N2O5S/c15-13(16)14(17)24-10-7-5-9(6-8-10)18-25(22,23)12-4-2-1-3-11(12)19(20)21/h1-8,18H. The second-order valence-electron chi connectivity index (χ2n) is 4.49. The third-order valence-electron chi connectivity index (χ3n) is 2.81. The predicted molar refractivity (Wildman–Crippen MR) is 81.3 cm³/mol. The van der Waals surface area contributed by atoms with Gasteiger partial charge in [0.05, 0.1) is 4.92 Å². The number of nitrogens with one attached hydrogen (secondary N) is 1. The smallest absolute Gasteiger partial charge is 0.344 e. The molecule has 0 aliphatic rings. The van der Waals surface area contributed by atoms with E-state index in [1.54, 1.807) is 0 Å². The van der Waals surface area contributed by atoms with Crippen molar-refractivity contribution in [1.29, 1.82) is 0 Å². The van der Waals surface area contributed by atoms with Crippen LogP contribution in [-0.2, 0) is 10.0 Å². The fourth-order valence-corrected chi connectivity index (χ4v) is 3.01. The minimum atomic E-state index is -4.27. The highest BCUT2D eigenvalue weighted by molar-refractivity contribution is 7.92. The van der Waals surface area contributed by atoms with E-state index in [0.29, 0.717) is 0 Å². The van der Waals surface area contributed by atoms with Gasteiger partial charge >= 0.3 is 12.1 Å². The Morgan fingerprint density at radius 3 is 2.20 bits per heavy atom. The van der Waals surface area contributed by atoms with Crippen LogP contribution in [-0.4, -0.2) is 13.3 Å². The minimum Gasteiger partial charge on any atom is -0.428 e. The Bertz CT molecular complexity index is 926. The van der Waals surface area contributed by atoms with Gasteiger partial charge in [-0.05, 0) is 30.3 Å². The lowest BCUT2D eigenvalue weighted by molar-refractivity contribution is -0.387. The number of anilines is 1. The van der Waals surface area contributed by atoms with E-state index in [4.69, 9.17) is 0 Å². The zero-order chi connectivity index (χ0) is 18.6. The molecule has 0 aliphatic heterocycles. The topological polar surface area (TPSA) is 98.5 Å². The lowest BCUT2D eigenvalue weighted by Crippen LogP contribution is -2.14. The Hall–Kier alpha value is -3.08. The van der Waals surface area contributed by atoms with E-state index < -0.39 is 37.6 Å².